The summed E-state index contributed by atoms with van der Waals surface area (Å²) in [5.41, 5.74) is 5.45. The quantitative estimate of drug-likeness (QED) is 0.572. The van der Waals surface area contributed by atoms with E-state index >= 15 is 0 Å². The van der Waals surface area contributed by atoms with Gasteiger partial charge in [0.1, 0.15) is 5.70 Å². The van der Waals surface area contributed by atoms with Crippen LogP contribution in [-0.4, -0.2) is 32.7 Å². The lowest BCUT2D eigenvalue weighted by Gasteiger charge is -2.19. The average Bonchev–Trinajstić information content (AvgIpc) is 3.38. The van der Waals surface area contributed by atoms with Crippen LogP contribution in [0, 0.1) is 13.8 Å². The maximum absolute atomic E-state index is 13.7. The van der Waals surface area contributed by atoms with Gasteiger partial charge in [0.15, 0.2) is 11.5 Å². The molecule has 3 aromatic rings. The van der Waals surface area contributed by atoms with Gasteiger partial charge in [0.25, 0.3) is 11.8 Å². The van der Waals surface area contributed by atoms with E-state index in [1.807, 2.05) is 69.2 Å². The van der Waals surface area contributed by atoms with E-state index in [-0.39, 0.29) is 18.4 Å². The summed E-state index contributed by atoms with van der Waals surface area (Å²) in [7, 11) is 3.83. The number of hydrogen-bond acceptors (Lipinski definition) is 6. The Bertz CT molecular complexity index is 1360. The molecule has 172 valence electrons. The summed E-state index contributed by atoms with van der Waals surface area (Å²) in [6, 6.07) is 18.5. The van der Waals surface area contributed by atoms with Gasteiger partial charge in [-0.2, -0.15) is 0 Å². The van der Waals surface area contributed by atoms with Crippen molar-refractivity contribution in [2.75, 3.05) is 36.0 Å². The summed E-state index contributed by atoms with van der Waals surface area (Å²) >= 11 is 0. The van der Waals surface area contributed by atoms with Gasteiger partial charge in [-0.3, -0.25) is 9.59 Å². The van der Waals surface area contributed by atoms with E-state index in [4.69, 9.17) is 9.47 Å². The lowest BCUT2D eigenvalue weighted by Crippen LogP contribution is -2.32. The van der Waals surface area contributed by atoms with Gasteiger partial charge < -0.3 is 19.7 Å². The molecule has 2 aliphatic heterocycles. The molecule has 2 amide bonds. The zero-order valence-electron chi connectivity index (χ0n) is 19.5. The molecule has 3 aromatic carbocycles. The van der Waals surface area contributed by atoms with E-state index in [0.717, 1.165) is 16.8 Å². The van der Waals surface area contributed by atoms with E-state index in [1.54, 1.807) is 24.3 Å². The van der Waals surface area contributed by atoms with Crippen molar-refractivity contribution in [1.29, 1.82) is 0 Å². The van der Waals surface area contributed by atoms with Crippen molar-refractivity contribution >= 4 is 34.4 Å². The molecule has 0 atom stereocenters. The van der Waals surface area contributed by atoms with Crippen molar-refractivity contribution in [1.82, 2.24) is 0 Å². The number of nitrogens with zero attached hydrogens (tertiary/aromatic N) is 2. The number of aryl methyl sites for hydroxylation is 2. The van der Waals surface area contributed by atoms with Crippen LogP contribution < -0.4 is 24.6 Å². The average molecular weight is 456 g/mol. The summed E-state index contributed by atoms with van der Waals surface area (Å²) in [5.74, 6) is 0.453. The molecule has 5 rings (SSSR count). The lowest BCUT2D eigenvalue weighted by atomic mass is 9.99. The second-order valence-electron chi connectivity index (χ2n) is 8.60. The topological polar surface area (TPSA) is 71.1 Å². The van der Waals surface area contributed by atoms with Crippen LogP contribution in [0.25, 0.3) is 5.57 Å². The first-order valence-electron chi connectivity index (χ1n) is 11.0. The van der Waals surface area contributed by atoms with Crippen LogP contribution in [0.5, 0.6) is 11.5 Å². The number of imide groups is 1. The number of amides is 2. The number of carbonyl (C=O) groups is 2. The first kappa shape index (κ1) is 21.6. The van der Waals surface area contributed by atoms with E-state index in [0.29, 0.717) is 34.0 Å². The summed E-state index contributed by atoms with van der Waals surface area (Å²) in [6.45, 7) is 4.16. The molecule has 2 aliphatic rings. The third-order valence-corrected chi connectivity index (χ3v) is 6.13. The van der Waals surface area contributed by atoms with Gasteiger partial charge >= 0.3 is 0 Å². The van der Waals surface area contributed by atoms with Gasteiger partial charge in [-0.15, -0.1) is 0 Å². The standard InChI is InChI=1S/C27H25N3O4/c1-16-8-9-18(12-17(16)2)24-25(28-19-10-11-22-23(13-19)34-15-33-22)27(32)30(26(24)31)21-7-5-6-20(14-21)29(3)4/h5-14,28H,15H2,1-4H3. The second kappa shape index (κ2) is 8.26. The molecule has 0 aromatic heterocycles. The molecule has 7 nitrogen and oxygen atoms in total. The molecule has 2 heterocycles. The zero-order valence-corrected chi connectivity index (χ0v) is 19.5. The largest absolute Gasteiger partial charge is 0.454 e. The highest BCUT2D eigenvalue weighted by Gasteiger charge is 2.40. The highest BCUT2D eigenvalue weighted by atomic mass is 16.7. The molecular formula is C27H25N3O4. The second-order valence-corrected chi connectivity index (χ2v) is 8.60. The van der Waals surface area contributed by atoms with Gasteiger partial charge in [-0.25, -0.2) is 4.90 Å². The van der Waals surface area contributed by atoms with Gasteiger partial charge in [0.05, 0.1) is 11.3 Å². The van der Waals surface area contributed by atoms with Crippen LogP contribution in [0.1, 0.15) is 16.7 Å². The van der Waals surface area contributed by atoms with Crippen LogP contribution in [0.4, 0.5) is 17.1 Å². The number of nitrogens with one attached hydrogen (secondary N) is 1. The Labute approximate surface area is 198 Å². The molecule has 0 unspecified atom stereocenters. The predicted molar refractivity (Wildman–Crippen MR) is 132 cm³/mol. The Hall–Kier alpha value is -4.26. The third kappa shape index (κ3) is 3.65. The fourth-order valence-electron chi connectivity index (χ4n) is 4.07. The van der Waals surface area contributed by atoms with Crippen molar-refractivity contribution in [3.63, 3.8) is 0 Å². The summed E-state index contributed by atoms with van der Waals surface area (Å²) < 4.78 is 10.9. The Kier molecular flexibility index (Phi) is 5.24. The zero-order chi connectivity index (χ0) is 24.0. The fourth-order valence-corrected chi connectivity index (χ4v) is 4.07. The Morgan fingerprint density at radius 3 is 2.41 bits per heavy atom. The van der Waals surface area contributed by atoms with Gasteiger partial charge in [-0.1, -0.05) is 24.3 Å². The number of rotatable bonds is 5. The SMILES string of the molecule is Cc1ccc(C2=C(Nc3ccc4c(c3)OCO4)C(=O)N(c3cccc(N(C)C)c3)C2=O)cc1C. The molecule has 0 spiro atoms. The van der Waals surface area contributed by atoms with Gasteiger partial charge in [-0.05, 0) is 60.9 Å². The molecule has 0 saturated carbocycles. The van der Waals surface area contributed by atoms with Crippen molar-refractivity contribution in [2.24, 2.45) is 0 Å². The van der Waals surface area contributed by atoms with Crippen LogP contribution in [-0.2, 0) is 9.59 Å². The minimum atomic E-state index is -0.410. The third-order valence-electron chi connectivity index (χ3n) is 6.13. The Balaban J connectivity index is 1.61. The van der Waals surface area contributed by atoms with E-state index in [2.05, 4.69) is 5.32 Å². The molecule has 0 bridgehead atoms. The van der Waals surface area contributed by atoms with Crippen molar-refractivity contribution in [3.05, 3.63) is 83.1 Å². The summed E-state index contributed by atoms with van der Waals surface area (Å²) in [6.07, 6.45) is 0. The first-order valence-corrected chi connectivity index (χ1v) is 11.0. The number of benzene rings is 3. The Morgan fingerprint density at radius 1 is 0.853 bits per heavy atom. The first-order chi connectivity index (χ1) is 16.3. The predicted octanol–water partition coefficient (Wildman–Crippen LogP) is 4.49. The normalized spacial score (nSPS) is 14.8. The van der Waals surface area contributed by atoms with Crippen LogP contribution in [0.3, 0.4) is 0 Å². The van der Waals surface area contributed by atoms with E-state index in [9.17, 15) is 9.59 Å². The molecule has 1 N–H and O–H groups in total. The maximum Gasteiger partial charge on any atom is 0.282 e. The van der Waals surface area contributed by atoms with Crippen molar-refractivity contribution in [3.8, 4) is 11.5 Å². The van der Waals surface area contributed by atoms with Gasteiger partial charge in [0, 0.05) is 31.5 Å². The molecule has 7 heteroatoms. The molecule has 0 aliphatic carbocycles. The summed E-state index contributed by atoms with van der Waals surface area (Å²) in [5, 5.41) is 3.19. The van der Waals surface area contributed by atoms with Crippen molar-refractivity contribution < 1.29 is 19.1 Å². The smallest absolute Gasteiger partial charge is 0.282 e. The number of anilines is 3. The maximum atomic E-state index is 13.7. The monoisotopic (exact) mass is 455 g/mol. The Morgan fingerprint density at radius 2 is 1.65 bits per heavy atom. The van der Waals surface area contributed by atoms with Crippen LogP contribution >= 0.6 is 0 Å². The van der Waals surface area contributed by atoms with Crippen LogP contribution in [0.15, 0.2) is 66.4 Å². The van der Waals surface area contributed by atoms with Crippen LogP contribution in [0.2, 0.25) is 0 Å². The number of carbonyl (C=O) groups excluding carboxylic acids is 2. The van der Waals surface area contributed by atoms with Crippen molar-refractivity contribution in [2.45, 2.75) is 13.8 Å². The number of ether oxygens (including phenoxy) is 2. The highest BCUT2D eigenvalue weighted by Crippen LogP contribution is 2.38. The van der Waals surface area contributed by atoms with E-state index < -0.39 is 5.91 Å². The minimum absolute atomic E-state index is 0.156. The molecule has 0 fully saturated rings. The number of hydrogen-bond donors (Lipinski definition) is 1. The molecule has 34 heavy (non-hydrogen) atoms. The molecule has 0 radical (unpaired) electrons. The number of fused-ring (bicyclic) bond motifs is 1. The molecular weight excluding hydrogens is 430 g/mol. The minimum Gasteiger partial charge on any atom is -0.454 e. The lowest BCUT2D eigenvalue weighted by molar-refractivity contribution is -0.120. The molecule has 0 saturated heterocycles. The highest BCUT2D eigenvalue weighted by molar-refractivity contribution is 6.46. The van der Waals surface area contributed by atoms with Gasteiger partial charge in [0.2, 0.25) is 6.79 Å². The summed E-state index contributed by atoms with van der Waals surface area (Å²) in [4.78, 5) is 30.6. The fraction of sp³-hybridized carbons (Fsp3) is 0.185. The van der Waals surface area contributed by atoms with E-state index in [1.165, 1.54) is 4.90 Å².